The lowest BCUT2D eigenvalue weighted by molar-refractivity contribution is 0.0902. The molecule has 6 heteroatoms. The Morgan fingerprint density at radius 1 is 1.56 bits per heavy atom. The van der Waals surface area contributed by atoms with Crippen LogP contribution in [0.25, 0.3) is 5.52 Å². The van der Waals surface area contributed by atoms with E-state index in [1.54, 1.807) is 23.1 Å². The third-order valence-electron chi connectivity index (χ3n) is 3.21. The van der Waals surface area contributed by atoms with Crippen molar-refractivity contribution in [3.8, 4) is 0 Å². The molecule has 1 fully saturated rings. The van der Waals surface area contributed by atoms with E-state index in [0.29, 0.717) is 23.5 Å². The predicted octanol–water partition coefficient (Wildman–Crippen LogP) is 0.230. The quantitative estimate of drug-likeness (QED) is 0.809. The zero-order valence-corrected chi connectivity index (χ0v) is 9.78. The lowest BCUT2D eigenvalue weighted by Crippen LogP contribution is -2.33. The molecule has 6 nitrogen and oxygen atoms in total. The molecule has 2 N–H and O–H groups in total. The summed E-state index contributed by atoms with van der Waals surface area (Å²) in [6, 6.07) is 0. The molecule has 1 amide bonds. The highest BCUT2D eigenvalue weighted by Crippen LogP contribution is 2.32. The molecule has 1 saturated carbocycles. The Morgan fingerprint density at radius 2 is 2.39 bits per heavy atom. The maximum atomic E-state index is 12.0. The number of carbonyl (C=O) groups excluding carboxylic acids is 1. The lowest BCUT2D eigenvalue weighted by Gasteiger charge is -2.09. The van der Waals surface area contributed by atoms with Gasteiger partial charge in [-0.25, -0.2) is 4.52 Å². The van der Waals surface area contributed by atoms with Gasteiger partial charge in [-0.05, 0) is 18.8 Å². The van der Waals surface area contributed by atoms with Crippen LogP contribution in [-0.2, 0) is 0 Å². The van der Waals surface area contributed by atoms with Crippen molar-refractivity contribution >= 4 is 11.4 Å². The molecule has 0 radical (unpaired) electrons. The molecule has 1 atom stereocenters. The topological polar surface area (TPSA) is 79.5 Å². The summed E-state index contributed by atoms with van der Waals surface area (Å²) < 4.78 is 1.60. The first-order valence-electron chi connectivity index (χ1n) is 5.99. The summed E-state index contributed by atoms with van der Waals surface area (Å²) in [7, 11) is 0. The highest BCUT2D eigenvalue weighted by Gasteiger charge is 2.29. The van der Waals surface area contributed by atoms with Gasteiger partial charge in [0.1, 0.15) is 0 Å². The lowest BCUT2D eigenvalue weighted by atomic mass is 10.2. The van der Waals surface area contributed by atoms with E-state index in [4.69, 9.17) is 0 Å². The molecule has 1 aliphatic rings. The summed E-state index contributed by atoms with van der Waals surface area (Å²) in [4.78, 5) is 15.9. The van der Waals surface area contributed by atoms with Gasteiger partial charge in [0.15, 0.2) is 0 Å². The van der Waals surface area contributed by atoms with Crippen LogP contribution in [0.2, 0.25) is 0 Å². The van der Waals surface area contributed by atoms with E-state index >= 15 is 0 Å². The van der Waals surface area contributed by atoms with Gasteiger partial charge in [-0.3, -0.25) is 9.78 Å². The molecule has 94 valence electrons. The second kappa shape index (κ2) is 4.38. The molecule has 0 spiro atoms. The van der Waals surface area contributed by atoms with E-state index in [0.717, 1.165) is 12.8 Å². The van der Waals surface area contributed by atoms with Gasteiger partial charge in [-0.15, -0.1) is 0 Å². The monoisotopic (exact) mass is 246 g/mol. The van der Waals surface area contributed by atoms with Crippen molar-refractivity contribution < 1.29 is 9.90 Å². The van der Waals surface area contributed by atoms with Crippen LogP contribution in [0.15, 0.2) is 24.8 Å². The van der Waals surface area contributed by atoms with E-state index in [2.05, 4.69) is 15.4 Å². The Balaban J connectivity index is 1.71. The molecular weight excluding hydrogens is 232 g/mol. The molecule has 0 aromatic carbocycles. The fourth-order valence-electron chi connectivity index (χ4n) is 1.95. The SMILES string of the molecule is O=C(NCC(O)C1CC1)c1cnn2ccncc12. The van der Waals surface area contributed by atoms with Crippen LogP contribution in [-0.4, -0.2) is 38.3 Å². The van der Waals surface area contributed by atoms with Gasteiger partial charge in [0, 0.05) is 18.9 Å². The molecule has 0 saturated heterocycles. The molecular formula is C12H14N4O2. The predicted molar refractivity (Wildman–Crippen MR) is 64.1 cm³/mol. The maximum absolute atomic E-state index is 12.0. The first kappa shape index (κ1) is 11.2. The second-order valence-corrected chi connectivity index (χ2v) is 4.58. The van der Waals surface area contributed by atoms with Crippen molar-refractivity contribution in [3.05, 3.63) is 30.4 Å². The van der Waals surface area contributed by atoms with Crippen LogP contribution in [0.4, 0.5) is 0 Å². The minimum absolute atomic E-state index is 0.224. The van der Waals surface area contributed by atoms with E-state index in [1.807, 2.05) is 0 Å². The van der Waals surface area contributed by atoms with Crippen molar-refractivity contribution in [1.82, 2.24) is 19.9 Å². The molecule has 2 aromatic heterocycles. The Hall–Kier alpha value is -1.95. The molecule has 3 rings (SSSR count). The fraction of sp³-hybridized carbons (Fsp3) is 0.417. The number of aliphatic hydroxyl groups is 1. The normalized spacial score (nSPS) is 16.7. The number of aliphatic hydroxyl groups excluding tert-OH is 1. The number of carbonyl (C=O) groups is 1. The zero-order valence-electron chi connectivity index (χ0n) is 9.78. The average Bonchev–Trinajstić information content (AvgIpc) is 3.15. The number of rotatable bonds is 4. The third kappa shape index (κ3) is 2.06. The van der Waals surface area contributed by atoms with Crippen molar-refractivity contribution in [1.29, 1.82) is 0 Å². The Bertz CT molecular complexity index is 576. The van der Waals surface area contributed by atoms with Crippen LogP contribution >= 0.6 is 0 Å². The summed E-state index contributed by atoms with van der Waals surface area (Å²) in [5, 5.41) is 16.5. The largest absolute Gasteiger partial charge is 0.391 e. The molecule has 2 heterocycles. The molecule has 18 heavy (non-hydrogen) atoms. The van der Waals surface area contributed by atoms with E-state index in [1.165, 1.54) is 6.20 Å². The van der Waals surface area contributed by atoms with Crippen molar-refractivity contribution in [2.45, 2.75) is 18.9 Å². The van der Waals surface area contributed by atoms with Crippen LogP contribution in [0, 0.1) is 5.92 Å². The van der Waals surface area contributed by atoms with Gasteiger partial charge in [-0.1, -0.05) is 0 Å². The van der Waals surface area contributed by atoms with Gasteiger partial charge in [0.05, 0.1) is 29.6 Å². The van der Waals surface area contributed by atoms with Crippen molar-refractivity contribution in [3.63, 3.8) is 0 Å². The van der Waals surface area contributed by atoms with Gasteiger partial charge in [0.25, 0.3) is 5.91 Å². The minimum Gasteiger partial charge on any atom is -0.391 e. The molecule has 1 unspecified atom stereocenters. The Kier molecular flexibility index (Phi) is 2.71. The van der Waals surface area contributed by atoms with Gasteiger partial charge >= 0.3 is 0 Å². The molecule has 1 aliphatic carbocycles. The number of nitrogens with zero attached hydrogens (tertiary/aromatic N) is 3. The summed E-state index contributed by atoms with van der Waals surface area (Å²) in [5.74, 6) is 0.133. The van der Waals surface area contributed by atoms with Crippen molar-refractivity contribution in [2.75, 3.05) is 6.54 Å². The molecule has 0 aliphatic heterocycles. The summed E-state index contributed by atoms with van der Waals surface area (Å²) >= 11 is 0. The number of fused-ring (bicyclic) bond motifs is 1. The standard InChI is InChI=1S/C12H14N4O2/c17-11(8-1-2-8)7-14-12(18)9-5-15-16-4-3-13-6-10(9)16/h3-6,8,11,17H,1-2,7H2,(H,14,18). The van der Waals surface area contributed by atoms with Gasteiger partial charge in [0.2, 0.25) is 0 Å². The van der Waals surface area contributed by atoms with Crippen molar-refractivity contribution in [2.24, 2.45) is 5.92 Å². The first-order chi connectivity index (χ1) is 8.75. The zero-order chi connectivity index (χ0) is 12.5. The smallest absolute Gasteiger partial charge is 0.255 e. The van der Waals surface area contributed by atoms with Gasteiger partial charge in [-0.2, -0.15) is 5.10 Å². The number of aromatic nitrogens is 3. The molecule has 0 bridgehead atoms. The highest BCUT2D eigenvalue weighted by molar-refractivity contribution is 6.00. The first-order valence-corrected chi connectivity index (χ1v) is 5.99. The average molecular weight is 246 g/mol. The summed E-state index contributed by atoms with van der Waals surface area (Å²) in [6.45, 7) is 0.293. The number of hydrogen-bond acceptors (Lipinski definition) is 4. The number of hydrogen-bond donors (Lipinski definition) is 2. The van der Waals surface area contributed by atoms with Crippen LogP contribution in [0.1, 0.15) is 23.2 Å². The van der Waals surface area contributed by atoms with E-state index in [9.17, 15) is 9.90 Å². The van der Waals surface area contributed by atoms with E-state index in [-0.39, 0.29) is 5.91 Å². The minimum atomic E-state index is -0.436. The summed E-state index contributed by atoms with van der Waals surface area (Å²) in [5.41, 5.74) is 1.14. The maximum Gasteiger partial charge on any atom is 0.255 e. The molecule has 2 aromatic rings. The number of nitrogens with one attached hydrogen (secondary N) is 1. The Labute approximate surface area is 104 Å². The van der Waals surface area contributed by atoms with E-state index < -0.39 is 6.10 Å². The van der Waals surface area contributed by atoms with Crippen LogP contribution in [0.3, 0.4) is 0 Å². The summed E-state index contributed by atoms with van der Waals surface area (Å²) in [6.07, 6.45) is 8.07. The highest BCUT2D eigenvalue weighted by atomic mass is 16.3. The second-order valence-electron chi connectivity index (χ2n) is 4.58. The van der Waals surface area contributed by atoms with Crippen LogP contribution in [0.5, 0.6) is 0 Å². The van der Waals surface area contributed by atoms with Gasteiger partial charge < -0.3 is 10.4 Å². The Morgan fingerprint density at radius 3 is 3.17 bits per heavy atom. The number of amides is 1. The van der Waals surface area contributed by atoms with Crippen LogP contribution < -0.4 is 5.32 Å². The third-order valence-corrected chi connectivity index (χ3v) is 3.21. The fourth-order valence-corrected chi connectivity index (χ4v) is 1.95.